The van der Waals surface area contributed by atoms with Crippen molar-refractivity contribution in [2.75, 3.05) is 12.8 Å². The molecule has 4 nitrogen and oxygen atoms in total. The highest BCUT2D eigenvalue weighted by atomic mass is 32.2. The lowest BCUT2D eigenvalue weighted by Gasteiger charge is -2.42. The molecule has 23 heavy (non-hydrogen) atoms. The number of ether oxygens (including phenoxy) is 1. The van der Waals surface area contributed by atoms with Crippen LogP contribution in [0.25, 0.3) is 0 Å². The summed E-state index contributed by atoms with van der Waals surface area (Å²) in [5, 5.41) is 0. The molecule has 0 fully saturated rings. The zero-order valence-electron chi connectivity index (χ0n) is 15.1. The van der Waals surface area contributed by atoms with Gasteiger partial charge in [-0.3, -0.25) is 0 Å². The number of sulfonamides is 1. The van der Waals surface area contributed by atoms with Crippen LogP contribution < -0.4 is 4.74 Å². The molecule has 0 N–H and O–H groups in total. The molecule has 0 saturated carbocycles. The van der Waals surface area contributed by atoms with E-state index in [2.05, 4.69) is 19.9 Å². The first-order valence-corrected chi connectivity index (χ1v) is 10.1. The molecule has 1 aromatic carbocycles. The number of aryl methyl sites for hydroxylation is 1. The lowest BCUT2D eigenvalue weighted by Crippen LogP contribution is -2.44. The molecule has 130 valence electrons. The van der Waals surface area contributed by atoms with Gasteiger partial charge in [-0.15, -0.1) is 0 Å². The maximum absolute atomic E-state index is 12.4. The molecule has 0 amide bonds. The van der Waals surface area contributed by atoms with Crippen molar-refractivity contribution in [3.8, 4) is 5.75 Å². The van der Waals surface area contributed by atoms with Crippen LogP contribution in [0.15, 0.2) is 18.2 Å². The van der Waals surface area contributed by atoms with Gasteiger partial charge in [0, 0.05) is 18.5 Å². The minimum atomic E-state index is -3.29. The van der Waals surface area contributed by atoms with E-state index in [-0.39, 0.29) is 11.6 Å². The van der Waals surface area contributed by atoms with Gasteiger partial charge in [-0.05, 0) is 39.2 Å². The zero-order chi connectivity index (χ0) is 17.4. The normalized spacial score (nSPS) is 20.4. The number of rotatable bonds is 5. The van der Waals surface area contributed by atoms with Crippen molar-refractivity contribution in [1.29, 1.82) is 0 Å². The third-order valence-corrected chi connectivity index (χ3v) is 5.58. The van der Waals surface area contributed by atoms with E-state index in [4.69, 9.17) is 4.74 Å². The quantitative estimate of drug-likeness (QED) is 0.817. The van der Waals surface area contributed by atoms with Gasteiger partial charge in [-0.2, -0.15) is 4.31 Å². The Morgan fingerprint density at radius 3 is 2.57 bits per heavy atom. The van der Waals surface area contributed by atoms with E-state index in [1.54, 1.807) is 4.31 Å². The Morgan fingerprint density at radius 1 is 1.35 bits per heavy atom. The molecule has 0 radical (unpaired) electrons. The van der Waals surface area contributed by atoms with Crippen molar-refractivity contribution in [2.24, 2.45) is 5.92 Å². The van der Waals surface area contributed by atoms with E-state index in [0.29, 0.717) is 18.9 Å². The molecular formula is C18H29NO3S. The minimum absolute atomic E-state index is 0.164. The summed E-state index contributed by atoms with van der Waals surface area (Å²) in [5.74, 6) is 1.26. The molecule has 1 unspecified atom stereocenters. The maximum atomic E-state index is 12.4. The zero-order valence-corrected chi connectivity index (χ0v) is 15.9. The Balaban J connectivity index is 2.47. The summed E-state index contributed by atoms with van der Waals surface area (Å²) in [6, 6.07) is 5.86. The summed E-state index contributed by atoms with van der Waals surface area (Å²) in [4.78, 5) is 0. The van der Waals surface area contributed by atoms with Gasteiger partial charge in [0.25, 0.3) is 0 Å². The predicted octanol–water partition coefficient (Wildman–Crippen LogP) is 3.90. The lowest BCUT2D eigenvalue weighted by molar-refractivity contribution is 0.0497. The summed E-state index contributed by atoms with van der Waals surface area (Å²) in [7, 11) is -3.29. The Bertz CT molecular complexity index is 665. The number of nitrogens with zero attached hydrogens (tertiary/aromatic N) is 1. The number of hydrogen-bond donors (Lipinski definition) is 0. The van der Waals surface area contributed by atoms with E-state index in [9.17, 15) is 8.42 Å². The molecular weight excluding hydrogens is 310 g/mol. The second kappa shape index (κ2) is 6.44. The van der Waals surface area contributed by atoms with Crippen LogP contribution >= 0.6 is 0 Å². The van der Waals surface area contributed by atoms with Gasteiger partial charge in [0.05, 0.1) is 12.3 Å². The number of hydrogen-bond acceptors (Lipinski definition) is 3. The monoisotopic (exact) mass is 339 g/mol. The van der Waals surface area contributed by atoms with E-state index in [0.717, 1.165) is 23.3 Å². The van der Waals surface area contributed by atoms with Crippen LogP contribution in [0.4, 0.5) is 0 Å². The first kappa shape index (κ1) is 18.3. The topological polar surface area (TPSA) is 46.6 Å². The van der Waals surface area contributed by atoms with Crippen molar-refractivity contribution in [2.45, 2.75) is 59.1 Å². The molecule has 0 aromatic heterocycles. The maximum Gasteiger partial charge on any atom is 0.211 e. The van der Waals surface area contributed by atoms with Crippen molar-refractivity contribution < 1.29 is 13.2 Å². The highest BCUT2D eigenvalue weighted by Crippen LogP contribution is 2.43. The van der Waals surface area contributed by atoms with Crippen LogP contribution in [0, 0.1) is 12.8 Å². The standard InChI is InChI=1S/C18H29NO3S/c1-13(2)9-10-19(23(6,20)21)16-12-18(4,5)22-17-8-7-14(3)11-15(16)17/h7-8,11,13,16H,9-10,12H2,1-6H3. The van der Waals surface area contributed by atoms with Crippen LogP contribution in [0.2, 0.25) is 0 Å². The van der Waals surface area contributed by atoms with Crippen LogP contribution in [0.5, 0.6) is 5.75 Å². The summed E-state index contributed by atoms with van der Waals surface area (Å²) in [6.07, 6.45) is 2.83. The second-order valence-corrected chi connectivity index (χ2v) is 9.61. The largest absolute Gasteiger partial charge is 0.487 e. The lowest BCUT2D eigenvalue weighted by atomic mass is 9.88. The molecule has 1 aliphatic heterocycles. The third-order valence-electron chi connectivity index (χ3n) is 4.30. The first-order valence-electron chi connectivity index (χ1n) is 8.26. The molecule has 2 rings (SSSR count). The van der Waals surface area contributed by atoms with E-state index in [1.165, 1.54) is 6.26 Å². The van der Waals surface area contributed by atoms with Gasteiger partial charge in [-0.1, -0.05) is 31.5 Å². The highest BCUT2D eigenvalue weighted by molar-refractivity contribution is 7.88. The average Bonchev–Trinajstić information content (AvgIpc) is 2.37. The van der Waals surface area contributed by atoms with Gasteiger partial charge in [0.15, 0.2) is 0 Å². The van der Waals surface area contributed by atoms with Crippen LogP contribution in [-0.4, -0.2) is 31.1 Å². The van der Waals surface area contributed by atoms with Crippen LogP contribution in [0.3, 0.4) is 0 Å². The van der Waals surface area contributed by atoms with Gasteiger partial charge in [-0.25, -0.2) is 8.42 Å². The van der Waals surface area contributed by atoms with Crippen molar-refractivity contribution in [3.63, 3.8) is 0 Å². The smallest absolute Gasteiger partial charge is 0.211 e. The summed E-state index contributed by atoms with van der Waals surface area (Å²) < 4.78 is 32.6. The minimum Gasteiger partial charge on any atom is -0.487 e. The van der Waals surface area contributed by atoms with Crippen molar-refractivity contribution in [1.82, 2.24) is 4.31 Å². The van der Waals surface area contributed by atoms with Gasteiger partial charge in [0.2, 0.25) is 10.0 Å². The first-order chi connectivity index (χ1) is 10.5. The fourth-order valence-electron chi connectivity index (χ4n) is 3.13. The summed E-state index contributed by atoms with van der Waals surface area (Å²) in [6.45, 7) is 10.8. The molecule has 1 heterocycles. The van der Waals surface area contributed by atoms with E-state index in [1.807, 2.05) is 32.9 Å². The van der Waals surface area contributed by atoms with E-state index >= 15 is 0 Å². The highest BCUT2D eigenvalue weighted by Gasteiger charge is 2.39. The number of benzene rings is 1. The Hall–Kier alpha value is -1.07. The molecule has 1 aromatic rings. The van der Waals surface area contributed by atoms with Crippen LogP contribution in [-0.2, 0) is 10.0 Å². The summed E-state index contributed by atoms with van der Waals surface area (Å²) >= 11 is 0. The molecule has 5 heteroatoms. The Labute approximate surface area is 140 Å². The summed E-state index contributed by atoms with van der Waals surface area (Å²) in [5.41, 5.74) is 1.72. The predicted molar refractivity (Wildman–Crippen MR) is 94.2 cm³/mol. The molecule has 1 atom stereocenters. The molecule has 0 bridgehead atoms. The fourth-order valence-corrected chi connectivity index (χ4v) is 4.22. The molecule has 0 spiro atoms. The molecule has 1 aliphatic rings. The Kier molecular flexibility index (Phi) is 5.12. The van der Waals surface area contributed by atoms with Crippen molar-refractivity contribution in [3.05, 3.63) is 29.3 Å². The average molecular weight is 340 g/mol. The van der Waals surface area contributed by atoms with Gasteiger partial charge in [0.1, 0.15) is 11.4 Å². The van der Waals surface area contributed by atoms with E-state index < -0.39 is 10.0 Å². The van der Waals surface area contributed by atoms with Gasteiger partial charge < -0.3 is 4.74 Å². The van der Waals surface area contributed by atoms with Crippen molar-refractivity contribution >= 4 is 10.0 Å². The van der Waals surface area contributed by atoms with Crippen LogP contribution in [0.1, 0.15) is 57.7 Å². The third kappa shape index (κ3) is 4.48. The second-order valence-electron chi connectivity index (χ2n) is 7.68. The fraction of sp³-hybridized carbons (Fsp3) is 0.667. The molecule has 0 aliphatic carbocycles. The van der Waals surface area contributed by atoms with Gasteiger partial charge >= 0.3 is 0 Å². The number of fused-ring (bicyclic) bond motifs is 1. The SMILES string of the molecule is Cc1ccc2c(c1)C(N(CCC(C)C)S(C)(=O)=O)CC(C)(C)O2. The molecule has 0 saturated heterocycles. The Morgan fingerprint density at radius 2 is 2.00 bits per heavy atom.